The molecular formula is C25H44. The minimum absolute atomic E-state index is 0.687. The molecule has 0 amide bonds. The predicted molar refractivity (Wildman–Crippen MR) is 109 cm³/mol. The van der Waals surface area contributed by atoms with Crippen LogP contribution in [-0.2, 0) is 0 Å². The lowest BCUT2D eigenvalue weighted by Gasteiger charge is -2.61. The molecule has 0 spiro atoms. The molecule has 0 aromatic rings. The van der Waals surface area contributed by atoms with Gasteiger partial charge in [-0.05, 0) is 97.7 Å². The fourth-order valence-corrected chi connectivity index (χ4v) is 9.00. The maximum atomic E-state index is 2.74. The molecule has 0 saturated heterocycles. The molecule has 4 aliphatic carbocycles. The van der Waals surface area contributed by atoms with E-state index in [0.717, 1.165) is 35.5 Å². The van der Waals surface area contributed by atoms with Crippen LogP contribution in [0.4, 0.5) is 0 Å². The summed E-state index contributed by atoms with van der Waals surface area (Å²) in [5.74, 6) is 6.30. The molecule has 0 aromatic heterocycles. The van der Waals surface area contributed by atoms with Gasteiger partial charge in [-0.25, -0.2) is 0 Å². The van der Waals surface area contributed by atoms with Crippen LogP contribution in [0.2, 0.25) is 0 Å². The van der Waals surface area contributed by atoms with Gasteiger partial charge in [0.05, 0.1) is 0 Å². The summed E-state index contributed by atoms with van der Waals surface area (Å²) in [6.45, 7) is 10.4. The van der Waals surface area contributed by atoms with Crippen molar-refractivity contribution in [1.29, 1.82) is 0 Å². The minimum atomic E-state index is 0.687. The third-order valence-corrected chi connectivity index (χ3v) is 10.4. The Morgan fingerprint density at radius 2 is 1.64 bits per heavy atom. The predicted octanol–water partition coefficient (Wildman–Crippen LogP) is 7.86. The van der Waals surface area contributed by atoms with Crippen molar-refractivity contribution in [3.8, 4) is 0 Å². The monoisotopic (exact) mass is 344 g/mol. The van der Waals surface area contributed by atoms with Gasteiger partial charge in [0.25, 0.3) is 0 Å². The highest BCUT2D eigenvalue weighted by molar-refractivity contribution is 5.09. The molecule has 0 aromatic carbocycles. The first kappa shape index (κ1) is 18.4. The van der Waals surface area contributed by atoms with Gasteiger partial charge in [0.15, 0.2) is 0 Å². The molecule has 4 fully saturated rings. The summed E-state index contributed by atoms with van der Waals surface area (Å²) in [5.41, 5.74) is 1.40. The lowest BCUT2D eigenvalue weighted by atomic mass is 9.44. The van der Waals surface area contributed by atoms with E-state index < -0.39 is 0 Å². The summed E-state index contributed by atoms with van der Waals surface area (Å²) in [6, 6.07) is 0. The molecule has 0 heteroatoms. The van der Waals surface area contributed by atoms with Crippen molar-refractivity contribution in [3.05, 3.63) is 0 Å². The van der Waals surface area contributed by atoms with Crippen molar-refractivity contribution >= 4 is 0 Å². The summed E-state index contributed by atoms with van der Waals surface area (Å²) in [5, 5.41) is 0. The largest absolute Gasteiger partial charge is 0.0654 e. The summed E-state index contributed by atoms with van der Waals surface area (Å²) in [7, 11) is 0. The molecule has 4 rings (SSSR count). The van der Waals surface area contributed by atoms with Crippen molar-refractivity contribution in [2.75, 3.05) is 0 Å². The van der Waals surface area contributed by atoms with E-state index in [4.69, 9.17) is 0 Å². The average Bonchev–Trinajstić information content (AvgIpc) is 2.96. The Labute approximate surface area is 157 Å². The third-order valence-electron chi connectivity index (χ3n) is 10.4. The smallest absolute Gasteiger partial charge is 0.0264 e. The molecule has 0 radical (unpaired) electrons. The van der Waals surface area contributed by atoms with Crippen LogP contribution >= 0.6 is 0 Å². The van der Waals surface area contributed by atoms with Crippen LogP contribution in [0.25, 0.3) is 0 Å². The molecule has 4 saturated carbocycles. The van der Waals surface area contributed by atoms with Crippen LogP contribution in [-0.4, -0.2) is 0 Å². The summed E-state index contributed by atoms with van der Waals surface area (Å²) in [6.07, 6.45) is 19.9. The van der Waals surface area contributed by atoms with Crippen LogP contribution in [0.5, 0.6) is 0 Å². The molecule has 144 valence electrons. The maximum absolute atomic E-state index is 2.74. The molecule has 2 unspecified atom stereocenters. The van der Waals surface area contributed by atoms with E-state index in [-0.39, 0.29) is 0 Å². The third kappa shape index (κ3) is 2.84. The Morgan fingerprint density at radius 3 is 2.44 bits per heavy atom. The van der Waals surface area contributed by atoms with Gasteiger partial charge >= 0.3 is 0 Å². The zero-order chi connectivity index (χ0) is 17.7. The molecule has 0 heterocycles. The molecule has 0 bridgehead atoms. The lowest BCUT2D eigenvalue weighted by molar-refractivity contribution is -0.114. The van der Waals surface area contributed by atoms with Crippen LogP contribution < -0.4 is 0 Å². The SMILES string of the molecule is CCCCC(C)[C@H]1CC[C@H]2[C@@H]3CCC4CCCC[C@]4(C)[C@H]3CC[C@]12C. The van der Waals surface area contributed by atoms with Gasteiger partial charge in [0, 0.05) is 0 Å². The number of hydrogen-bond acceptors (Lipinski definition) is 0. The number of rotatable bonds is 4. The highest BCUT2D eigenvalue weighted by atomic mass is 14.6. The van der Waals surface area contributed by atoms with E-state index in [9.17, 15) is 0 Å². The Morgan fingerprint density at radius 1 is 0.840 bits per heavy atom. The zero-order valence-electron chi connectivity index (χ0n) is 17.7. The van der Waals surface area contributed by atoms with E-state index in [1.807, 2.05) is 0 Å². The van der Waals surface area contributed by atoms with E-state index in [1.54, 1.807) is 51.4 Å². The fraction of sp³-hybridized carbons (Fsp3) is 1.00. The standard InChI is InChI=1S/C25H44/c1-5-6-9-18(2)21-13-14-22-20-12-11-19-10-7-8-16-24(19,3)23(20)15-17-25(21,22)4/h18-23H,5-17H2,1-4H3/t18?,19?,20-,21+,22-,23-,24-,25+/m0/s1. The maximum Gasteiger partial charge on any atom is -0.0264 e. The first-order chi connectivity index (χ1) is 12.0. The molecule has 4 aliphatic rings. The summed E-state index contributed by atoms with van der Waals surface area (Å²) in [4.78, 5) is 0. The molecular weight excluding hydrogens is 300 g/mol. The lowest BCUT2D eigenvalue weighted by Crippen LogP contribution is -2.53. The highest BCUT2D eigenvalue weighted by Crippen LogP contribution is 2.68. The Balaban J connectivity index is 1.53. The van der Waals surface area contributed by atoms with Gasteiger partial charge in [-0.2, -0.15) is 0 Å². The van der Waals surface area contributed by atoms with Crippen molar-refractivity contribution in [2.45, 2.75) is 111 Å². The molecule has 25 heavy (non-hydrogen) atoms. The second kappa shape index (κ2) is 6.87. The highest BCUT2D eigenvalue weighted by Gasteiger charge is 2.59. The molecule has 0 N–H and O–H groups in total. The second-order valence-electron chi connectivity index (χ2n) is 11.3. The first-order valence-corrected chi connectivity index (χ1v) is 12.0. The van der Waals surface area contributed by atoms with E-state index >= 15 is 0 Å². The Hall–Kier alpha value is 0. The van der Waals surface area contributed by atoms with Crippen LogP contribution in [0.15, 0.2) is 0 Å². The van der Waals surface area contributed by atoms with Gasteiger partial charge in [-0.3, -0.25) is 0 Å². The topological polar surface area (TPSA) is 0 Å². The van der Waals surface area contributed by atoms with Gasteiger partial charge in [0.2, 0.25) is 0 Å². The number of fused-ring (bicyclic) bond motifs is 5. The number of unbranched alkanes of at least 4 members (excludes halogenated alkanes) is 1. The van der Waals surface area contributed by atoms with E-state index in [1.165, 1.54) is 32.1 Å². The van der Waals surface area contributed by atoms with Crippen LogP contribution in [0.3, 0.4) is 0 Å². The van der Waals surface area contributed by atoms with Gasteiger partial charge in [0.1, 0.15) is 0 Å². The van der Waals surface area contributed by atoms with Crippen LogP contribution in [0.1, 0.15) is 111 Å². The molecule has 0 aliphatic heterocycles. The summed E-state index contributed by atoms with van der Waals surface area (Å²) < 4.78 is 0. The zero-order valence-corrected chi connectivity index (χ0v) is 17.7. The normalized spacial score (nSPS) is 50.6. The molecule has 8 atom stereocenters. The van der Waals surface area contributed by atoms with Gasteiger partial charge in [-0.1, -0.05) is 59.8 Å². The van der Waals surface area contributed by atoms with Crippen molar-refractivity contribution < 1.29 is 0 Å². The fourth-order valence-electron chi connectivity index (χ4n) is 9.00. The summed E-state index contributed by atoms with van der Waals surface area (Å²) >= 11 is 0. The molecule has 0 nitrogen and oxygen atoms in total. The van der Waals surface area contributed by atoms with E-state index in [0.29, 0.717) is 10.8 Å². The van der Waals surface area contributed by atoms with Gasteiger partial charge in [-0.15, -0.1) is 0 Å². The quantitative estimate of drug-likeness (QED) is 0.487. The number of hydrogen-bond donors (Lipinski definition) is 0. The van der Waals surface area contributed by atoms with E-state index in [2.05, 4.69) is 27.7 Å². The Bertz CT molecular complexity index is 467. The first-order valence-electron chi connectivity index (χ1n) is 12.0. The van der Waals surface area contributed by atoms with Crippen LogP contribution in [0, 0.1) is 46.3 Å². The Kier molecular flexibility index (Phi) is 5.04. The average molecular weight is 345 g/mol. The minimum Gasteiger partial charge on any atom is -0.0654 e. The van der Waals surface area contributed by atoms with Crippen molar-refractivity contribution in [3.63, 3.8) is 0 Å². The van der Waals surface area contributed by atoms with Crippen molar-refractivity contribution in [2.24, 2.45) is 46.3 Å². The van der Waals surface area contributed by atoms with Crippen molar-refractivity contribution in [1.82, 2.24) is 0 Å². The second-order valence-corrected chi connectivity index (χ2v) is 11.3. The van der Waals surface area contributed by atoms with Gasteiger partial charge < -0.3 is 0 Å².